The van der Waals surface area contributed by atoms with Crippen LogP contribution in [0.5, 0.6) is 5.75 Å². The molecule has 190 valence electrons. The Balaban J connectivity index is 1.42. The van der Waals surface area contributed by atoms with Crippen LogP contribution in [0.3, 0.4) is 0 Å². The van der Waals surface area contributed by atoms with E-state index in [0.717, 1.165) is 30.4 Å². The first kappa shape index (κ1) is 26.0. The molecule has 1 atom stereocenters. The molecule has 1 heterocycles. The van der Waals surface area contributed by atoms with E-state index in [9.17, 15) is 9.59 Å². The van der Waals surface area contributed by atoms with Crippen molar-refractivity contribution in [3.05, 3.63) is 136 Å². The van der Waals surface area contributed by atoms with Gasteiger partial charge in [0, 0.05) is 24.7 Å². The van der Waals surface area contributed by atoms with Crippen molar-refractivity contribution in [2.75, 3.05) is 7.11 Å². The molecule has 0 bridgehead atoms. The Hall–Kier alpha value is -4.12. The number of esters is 1. The maximum absolute atomic E-state index is 12.7. The lowest BCUT2D eigenvalue weighted by Gasteiger charge is -2.20. The minimum atomic E-state index is -0.657. The minimum absolute atomic E-state index is 0.0100. The Morgan fingerprint density at radius 1 is 0.811 bits per heavy atom. The minimum Gasteiger partial charge on any atom is -0.479 e. The Morgan fingerprint density at radius 3 is 2.14 bits per heavy atom. The van der Waals surface area contributed by atoms with Gasteiger partial charge in [-0.05, 0) is 60.6 Å². The highest BCUT2D eigenvalue weighted by Gasteiger charge is 2.17. The molecule has 1 aromatic heterocycles. The lowest BCUT2D eigenvalue weighted by Crippen LogP contribution is -2.24. The van der Waals surface area contributed by atoms with Gasteiger partial charge in [-0.1, -0.05) is 78.9 Å². The maximum Gasteiger partial charge on any atom is 0.346 e. The molecule has 4 rings (SSSR count). The van der Waals surface area contributed by atoms with E-state index in [1.165, 1.54) is 18.2 Å². The number of aryl methyl sites for hydroxylation is 2. The van der Waals surface area contributed by atoms with Crippen LogP contribution >= 0.6 is 0 Å². The summed E-state index contributed by atoms with van der Waals surface area (Å²) >= 11 is 0. The smallest absolute Gasteiger partial charge is 0.346 e. The monoisotopic (exact) mass is 495 g/mol. The van der Waals surface area contributed by atoms with Crippen LogP contribution in [0.2, 0.25) is 0 Å². The molecule has 5 nitrogen and oxygen atoms in total. The van der Waals surface area contributed by atoms with Gasteiger partial charge < -0.3 is 14.0 Å². The molecule has 5 heteroatoms. The number of pyridine rings is 1. The second-order valence-electron chi connectivity index (χ2n) is 9.14. The van der Waals surface area contributed by atoms with Crippen molar-refractivity contribution in [3.63, 3.8) is 0 Å². The van der Waals surface area contributed by atoms with Gasteiger partial charge in [0.25, 0.3) is 5.56 Å². The zero-order valence-corrected chi connectivity index (χ0v) is 21.4. The summed E-state index contributed by atoms with van der Waals surface area (Å²) in [7, 11) is 1.35. The normalized spacial score (nSPS) is 11.8. The molecule has 0 unspecified atom stereocenters. The summed E-state index contributed by atoms with van der Waals surface area (Å²) < 4.78 is 12.2. The Kier molecular flexibility index (Phi) is 8.93. The van der Waals surface area contributed by atoms with Gasteiger partial charge >= 0.3 is 5.97 Å². The van der Waals surface area contributed by atoms with Crippen LogP contribution in [0.4, 0.5) is 0 Å². The van der Waals surface area contributed by atoms with E-state index in [2.05, 4.69) is 48.5 Å². The number of nitrogens with zero attached hydrogens (tertiary/aromatic N) is 1. The van der Waals surface area contributed by atoms with Gasteiger partial charge in [-0.2, -0.15) is 0 Å². The van der Waals surface area contributed by atoms with Crippen LogP contribution in [-0.4, -0.2) is 23.8 Å². The van der Waals surface area contributed by atoms with Gasteiger partial charge in [0.2, 0.25) is 0 Å². The first-order valence-electron chi connectivity index (χ1n) is 12.7. The maximum atomic E-state index is 12.7. The molecule has 0 radical (unpaired) electrons. The fourth-order valence-corrected chi connectivity index (χ4v) is 4.57. The molecule has 0 N–H and O–H groups in total. The predicted molar refractivity (Wildman–Crippen MR) is 146 cm³/mol. The molecule has 37 heavy (non-hydrogen) atoms. The Labute approximate surface area is 218 Å². The largest absolute Gasteiger partial charge is 0.479 e. The highest BCUT2D eigenvalue weighted by atomic mass is 16.6. The summed E-state index contributed by atoms with van der Waals surface area (Å²) in [4.78, 5) is 24.3. The number of carbonyl (C=O) groups is 1. The van der Waals surface area contributed by atoms with E-state index in [1.807, 2.05) is 53.2 Å². The van der Waals surface area contributed by atoms with Crippen molar-refractivity contribution >= 4 is 5.97 Å². The molecule has 4 aromatic rings. The second kappa shape index (κ2) is 12.7. The fraction of sp³-hybridized carbons (Fsp3) is 0.250. The van der Waals surface area contributed by atoms with Crippen molar-refractivity contribution in [2.24, 2.45) is 0 Å². The summed E-state index contributed by atoms with van der Waals surface area (Å²) in [5.41, 5.74) is 4.63. The number of methoxy groups -OCH3 is 1. The summed E-state index contributed by atoms with van der Waals surface area (Å²) in [6.45, 7) is 2.32. The molecule has 0 aliphatic heterocycles. The van der Waals surface area contributed by atoms with Gasteiger partial charge in [-0.3, -0.25) is 4.79 Å². The summed E-state index contributed by atoms with van der Waals surface area (Å²) in [6.07, 6.45) is 4.00. The van der Waals surface area contributed by atoms with E-state index < -0.39 is 12.1 Å². The molecule has 0 amide bonds. The number of hydrogen-bond acceptors (Lipinski definition) is 4. The number of rotatable bonds is 11. The van der Waals surface area contributed by atoms with Crippen LogP contribution < -0.4 is 10.3 Å². The van der Waals surface area contributed by atoms with E-state index >= 15 is 0 Å². The van der Waals surface area contributed by atoms with E-state index in [4.69, 9.17) is 9.47 Å². The van der Waals surface area contributed by atoms with Crippen molar-refractivity contribution in [3.8, 4) is 5.75 Å². The number of carbonyl (C=O) groups excluding carboxylic acids is 1. The SMILES string of the molecule is COC(=O)[C@H](C)Oc1cccc(CCCCn2cc(C(c3ccccc3)c3ccccc3)ccc2=O)c1. The highest BCUT2D eigenvalue weighted by Crippen LogP contribution is 2.31. The van der Waals surface area contributed by atoms with Crippen LogP contribution in [-0.2, 0) is 22.5 Å². The van der Waals surface area contributed by atoms with Crippen molar-refractivity contribution in [2.45, 2.75) is 44.8 Å². The fourth-order valence-electron chi connectivity index (χ4n) is 4.57. The molecule has 0 spiro atoms. The number of aromatic nitrogens is 1. The molecular weight excluding hydrogens is 462 g/mol. The van der Waals surface area contributed by atoms with Crippen LogP contribution in [0, 0.1) is 0 Å². The molecule has 3 aromatic carbocycles. The Bertz CT molecular complexity index is 1310. The third-order valence-corrected chi connectivity index (χ3v) is 6.46. The zero-order chi connectivity index (χ0) is 26.0. The average Bonchev–Trinajstić information content (AvgIpc) is 2.93. The topological polar surface area (TPSA) is 57.5 Å². The first-order valence-corrected chi connectivity index (χ1v) is 12.7. The van der Waals surface area contributed by atoms with Crippen LogP contribution in [0.15, 0.2) is 108 Å². The van der Waals surface area contributed by atoms with Gasteiger partial charge in [-0.25, -0.2) is 4.79 Å². The van der Waals surface area contributed by atoms with Crippen molar-refractivity contribution in [1.29, 1.82) is 0 Å². The molecule has 0 aliphatic carbocycles. The third-order valence-electron chi connectivity index (χ3n) is 6.46. The van der Waals surface area contributed by atoms with E-state index in [0.29, 0.717) is 12.3 Å². The number of hydrogen-bond donors (Lipinski definition) is 0. The standard InChI is InChI=1S/C32H33NO4/c1-24(32(35)36-2)37-29-18-11-13-25(22-29)12-9-10-21-33-23-28(19-20-30(33)34)31(26-14-5-3-6-15-26)27-16-7-4-8-17-27/h3-8,11,13-20,22-24,31H,9-10,12,21H2,1-2H3/t24-/m0/s1. The third kappa shape index (κ3) is 6.98. The van der Waals surface area contributed by atoms with Gasteiger partial charge in [-0.15, -0.1) is 0 Å². The lowest BCUT2D eigenvalue weighted by molar-refractivity contribution is -0.147. The van der Waals surface area contributed by atoms with Crippen molar-refractivity contribution in [1.82, 2.24) is 4.57 Å². The van der Waals surface area contributed by atoms with E-state index in [-0.39, 0.29) is 11.5 Å². The number of benzene rings is 3. The van der Waals surface area contributed by atoms with Gasteiger partial charge in [0.15, 0.2) is 6.10 Å². The summed E-state index contributed by atoms with van der Waals surface area (Å²) in [5, 5.41) is 0. The van der Waals surface area contributed by atoms with Crippen molar-refractivity contribution < 1.29 is 14.3 Å². The van der Waals surface area contributed by atoms with Gasteiger partial charge in [0.1, 0.15) is 5.75 Å². The van der Waals surface area contributed by atoms with Gasteiger partial charge in [0.05, 0.1) is 7.11 Å². The number of ether oxygens (including phenoxy) is 2. The molecule has 0 saturated heterocycles. The van der Waals surface area contributed by atoms with Crippen LogP contribution in [0.25, 0.3) is 0 Å². The quantitative estimate of drug-likeness (QED) is 0.189. The summed E-state index contributed by atoms with van der Waals surface area (Å²) in [6, 6.07) is 32.2. The summed E-state index contributed by atoms with van der Waals surface area (Å²) in [5.74, 6) is 0.302. The molecular formula is C32H33NO4. The highest BCUT2D eigenvalue weighted by molar-refractivity contribution is 5.74. The molecule has 0 saturated carbocycles. The first-order chi connectivity index (χ1) is 18.0. The molecule has 0 fully saturated rings. The van der Waals surface area contributed by atoms with Crippen LogP contribution in [0.1, 0.15) is 47.9 Å². The molecule has 0 aliphatic rings. The average molecular weight is 496 g/mol. The number of unbranched alkanes of at least 4 members (excludes halogenated alkanes) is 1. The predicted octanol–water partition coefficient (Wildman–Crippen LogP) is 5.99. The van der Waals surface area contributed by atoms with E-state index in [1.54, 1.807) is 13.0 Å². The Morgan fingerprint density at radius 2 is 1.49 bits per heavy atom. The second-order valence-corrected chi connectivity index (χ2v) is 9.14. The zero-order valence-electron chi connectivity index (χ0n) is 21.4. The lowest BCUT2D eigenvalue weighted by atomic mass is 9.86.